The molecule has 0 amide bonds. The Morgan fingerprint density at radius 3 is 2.61 bits per heavy atom. The Kier molecular flexibility index (Phi) is 5.05. The molecule has 0 spiro atoms. The van der Waals surface area contributed by atoms with Crippen LogP contribution in [-0.4, -0.2) is 64.9 Å². The summed E-state index contributed by atoms with van der Waals surface area (Å²) in [7, 11) is -0.183. The zero-order valence-electron chi connectivity index (χ0n) is 15.8. The van der Waals surface area contributed by atoms with Crippen molar-refractivity contribution in [2.24, 2.45) is 5.92 Å². The Morgan fingerprint density at radius 2 is 1.93 bits per heavy atom. The van der Waals surface area contributed by atoms with E-state index in [1.165, 1.54) is 4.31 Å². The monoisotopic (exact) mass is 401 g/mol. The van der Waals surface area contributed by atoms with Crippen molar-refractivity contribution >= 4 is 10.0 Å². The number of hydrogen-bond donors (Lipinski definition) is 0. The first kappa shape index (κ1) is 18.9. The lowest BCUT2D eigenvalue weighted by Gasteiger charge is -2.22. The molecular formula is C19H23N5O3S. The Balaban J connectivity index is 1.60. The summed E-state index contributed by atoms with van der Waals surface area (Å²) in [6.45, 7) is 0.902. The molecule has 1 fully saturated rings. The smallest absolute Gasteiger partial charge is 0.214 e. The maximum Gasteiger partial charge on any atom is 0.214 e. The van der Waals surface area contributed by atoms with Crippen molar-refractivity contribution in [1.29, 1.82) is 0 Å². The molecule has 3 heterocycles. The molecule has 0 saturated carbocycles. The Hall–Kier alpha value is -2.49. The third-order valence-corrected chi connectivity index (χ3v) is 7.06. The van der Waals surface area contributed by atoms with Gasteiger partial charge in [0.25, 0.3) is 0 Å². The zero-order chi connectivity index (χ0) is 19.7. The van der Waals surface area contributed by atoms with Crippen LogP contribution in [-0.2, 0) is 14.8 Å². The van der Waals surface area contributed by atoms with Gasteiger partial charge in [-0.2, -0.15) is 0 Å². The second-order valence-corrected chi connectivity index (χ2v) is 9.33. The van der Waals surface area contributed by atoms with Crippen molar-refractivity contribution in [2.75, 3.05) is 33.1 Å². The highest BCUT2D eigenvalue weighted by atomic mass is 32.2. The van der Waals surface area contributed by atoms with Gasteiger partial charge in [0, 0.05) is 56.1 Å². The van der Waals surface area contributed by atoms with Crippen molar-refractivity contribution in [3.63, 3.8) is 0 Å². The summed E-state index contributed by atoms with van der Waals surface area (Å²) in [4.78, 5) is 8.59. The molecule has 0 bridgehead atoms. The van der Waals surface area contributed by atoms with Crippen molar-refractivity contribution in [3.8, 4) is 17.1 Å². The predicted molar refractivity (Wildman–Crippen MR) is 106 cm³/mol. The largest absolute Gasteiger partial charge is 0.379 e. The molecule has 148 valence electrons. The molecule has 8 nitrogen and oxygen atoms in total. The fourth-order valence-corrected chi connectivity index (χ4v) is 4.63. The van der Waals surface area contributed by atoms with Crippen LogP contribution >= 0.6 is 0 Å². The number of ether oxygens (including phenoxy) is 1. The Labute approximate surface area is 164 Å². The minimum Gasteiger partial charge on any atom is -0.379 e. The number of imidazole rings is 2. The lowest BCUT2D eigenvalue weighted by atomic mass is 10.1. The molecule has 0 radical (unpaired) electrons. The summed E-state index contributed by atoms with van der Waals surface area (Å²) in [5.74, 6) is 0.743. The number of rotatable bonds is 6. The van der Waals surface area contributed by atoms with Crippen LogP contribution in [0.2, 0.25) is 0 Å². The van der Waals surface area contributed by atoms with E-state index in [-0.39, 0.29) is 17.7 Å². The van der Waals surface area contributed by atoms with E-state index in [0.717, 1.165) is 17.1 Å². The minimum absolute atomic E-state index is 0.0574. The summed E-state index contributed by atoms with van der Waals surface area (Å²) < 4.78 is 35.6. The predicted octanol–water partition coefficient (Wildman–Crippen LogP) is 1.81. The molecule has 2 atom stereocenters. The third-order valence-electron chi connectivity index (χ3n) is 5.10. The van der Waals surface area contributed by atoms with Crippen molar-refractivity contribution in [2.45, 2.75) is 6.04 Å². The van der Waals surface area contributed by atoms with Crippen LogP contribution in [0.3, 0.4) is 0 Å². The minimum atomic E-state index is -3.30. The summed E-state index contributed by atoms with van der Waals surface area (Å²) in [6.07, 6.45) is 9.02. The molecule has 1 aliphatic heterocycles. The maximum atomic E-state index is 12.3. The highest BCUT2D eigenvalue weighted by Crippen LogP contribution is 2.32. The second kappa shape index (κ2) is 7.50. The van der Waals surface area contributed by atoms with E-state index in [9.17, 15) is 8.42 Å². The average Bonchev–Trinajstić information content (AvgIpc) is 3.42. The quantitative estimate of drug-likeness (QED) is 0.629. The lowest BCUT2D eigenvalue weighted by Crippen LogP contribution is -2.32. The number of nitrogens with zero attached hydrogens (tertiary/aromatic N) is 5. The van der Waals surface area contributed by atoms with Crippen molar-refractivity contribution < 1.29 is 13.2 Å². The van der Waals surface area contributed by atoms with Gasteiger partial charge in [-0.1, -0.05) is 0 Å². The van der Waals surface area contributed by atoms with Gasteiger partial charge in [-0.25, -0.2) is 22.7 Å². The molecule has 1 aliphatic rings. The van der Waals surface area contributed by atoms with E-state index in [1.807, 2.05) is 45.8 Å². The van der Waals surface area contributed by atoms with Crippen LogP contribution in [0.4, 0.5) is 0 Å². The first-order chi connectivity index (χ1) is 13.5. The van der Waals surface area contributed by atoms with Gasteiger partial charge >= 0.3 is 0 Å². The molecule has 2 aromatic heterocycles. The Morgan fingerprint density at radius 1 is 1.14 bits per heavy atom. The SMILES string of the molecule is CN(C)S(=O)(=O)C[C@@H]1COC[C@H]1n1ccnc1-c1ccc(-n2ccnc2)cc1. The van der Waals surface area contributed by atoms with Gasteiger partial charge in [-0.3, -0.25) is 0 Å². The first-order valence-corrected chi connectivity index (χ1v) is 10.7. The summed E-state index contributed by atoms with van der Waals surface area (Å²) in [6, 6.07) is 7.97. The highest BCUT2D eigenvalue weighted by Gasteiger charge is 2.35. The van der Waals surface area contributed by atoms with Crippen LogP contribution < -0.4 is 0 Å². The van der Waals surface area contributed by atoms with Gasteiger partial charge in [0.15, 0.2) is 0 Å². The fourth-order valence-electron chi connectivity index (χ4n) is 3.47. The number of aromatic nitrogens is 4. The van der Waals surface area contributed by atoms with Gasteiger partial charge in [0.1, 0.15) is 5.82 Å². The topological polar surface area (TPSA) is 82.3 Å². The number of hydrogen-bond acceptors (Lipinski definition) is 5. The molecule has 4 rings (SSSR count). The normalized spacial score (nSPS) is 20.1. The van der Waals surface area contributed by atoms with Crippen LogP contribution in [0.15, 0.2) is 55.4 Å². The van der Waals surface area contributed by atoms with Gasteiger partial charge in [0.05, 0.1) is 31.3 Å². The maximum absolute atomic E-state index is 12.3. The van der Waals surface area contributed by atoms with E-state index < -0.39 is 10.0 Å². The van der Waals surface area contributed by atoms with Crippen LogP contribution in [0.1, 0.15) is 6.04 Å². The number of benzene rings is 1. The van der Waals surface area contributed by atoms with Crippen LogP contribution in [0.25, 0.3) is 17.1 Å². The van der Waals surface area contributed by atoms with Crippen molar-refractivity contribution in [3.05, 3.63) is 55.4 Å². The zero-order valence-corrected chi connectivity index (χ0v) is 16.7. The van der Waals surface area contributed by atoms with E-state index in [1.54, 1.807) is 32.8 Å². The standard InChI is InChI=1S/C19H23N5O3S/c1-22(2)28(25,26)13-16-11-27-12-18(16)24-10-8-21-19(24)15-3-5-17(6-4-15)23-9-7-20-14-23/h3-10,14,16,18H,11-13H2,1-2H3/t16-,18+/m0/s1. The molecule has 0 unspecified atom stereocenters. The van der Waals surface area contributed by atoms with E-state index in [4.69, 9.17) is 4.74 Å². The van der Waals surface area contributed by atoms with E-state index in [2.05, 4.69) is 9.97 Å². The summed E-state index contributed by atoms with van der Waals surface area (Å²) >= 11 is 0. The first-order valence-electron chi connectivity index (χ1n) is 9.05. The lowest BCUT2D eigenvalue weighted by molar-refractivity contribution is 0.182. The van der Waals surface area contributed by atoms with Gasteiger partial charge in [0.2, 0.25) is 10.0 Å². The number of sulfonamides is 1. The molecule has 1 aromatic carbocycles. The summed E-state index contributed by atoms with van der Waals surface area (Å²) in [5, 5.41) is 0. The molecule has 0 aliphatic carbocycles. The van der Waals surface area contributed by atoms with Gasteiger partial charge < -0.3 is 13.9 Å². The molecule has 3 aromatic rings. The second-order valence-electron chi connectivity index (χ2n) is 7.10. The molecule has 1 saturated heterocycles. The third kappa shape index (κ3) is 3.60. The van der Waals surface area contributed by atoms with E-state index in [0.29, 0.717) is 13.2 Å². The molecule has 9 heteroatoms. The van der Waals surface area contributed by atoms with E-state index >= 15 is 0 Å². The van der Waals surface area contributed by atoms with Crippen LogP contribution in [0.5, 0.6) is 0 Å². The molecule has 0 N–H and O–H groups in total. The molecular weight excluding hydrogens is 378 g/mol. The summed E-state index contributed by atoms with van der Waals surface area (Å²) in [5.41, 5.74) is 1.98. The Bertz CT molecular complexity index is 1030. The fraction of sp³-hybridized carbons (Fsp3) is 0.368. The molecule has 28 heavy (non-hydrogen) atoms. The highest BCUT2D eigenvalue weighted by molar-refractivity contribution is 7.89. The average molecular weight is 401 g/mol. The van der Waals surface area contributed by atoms with Crippen LogP contribution in [0, 0.1) is 5.92 Å². The van der Waals surface area contributed by atoms with Gasteiger partial charge in [-0.05, 0) is 24.3 Å². The van der Waals surface area contributed by atoms with Crippen molar-refractivity contribution in [1.82, 2.24) is 23.4 Å². The van der Waals surface area contributed by atoms with Gasteiger partial charge in [-0.15, -0.1) is 0 Å².